The van der Waals surface area contributed by atoms with E-state index in [0.717, 1.165) is 11.1 Å². The van der Waals surface area contributed by atoms with Crippen molar-refractivity contribution in [2.45, 2.75) is 13.8 Å². The highest BCUT2D eigenvalue weighted by molar-refractivity contribution is 6.34. The van der Waals surface area contributed by atoms with E-state index >= 15 is 0 Å². The minimum Gasteiger partial charge on any atom is -0.508 e. The number of hydrogen-bond donors (Lipinski definition) is 2. The van der Waals surface area contributed by atoms with Gasteiger partial charge in [-0.15, -0.1) is 0 Å². The van der Waals surface area contributed by atoms with Gasteiger partial charge in [-0.3, -0.25) is 4.79 Å². The van der Waals surface area contributed by atoms with Gasteiger partial charge in [0.25, 0.3) is 5.91 Å². The van der Waals surface area contributed by atoms with Gasteiger partial charge in [0.1, 0.15) is 5.75 Å². The van der Waals surface area contributed by atoms with Crippen LogP contribution in [-0.2, 0) is 0 Å². The van der Waals surface area contributed by atoms with Crippen LogP contribution in [0.2, 0.25) is 5.02 Å². The molecule has 3 nitrogen and oxygen atoms in total. The standard InChI is InChI=1S/C15H14ClNO2/c1-9-3-4-11(7-10(9)2)15(19)17-14-6-5-12(18)8-13(14)16/h3-8,18H,1-2H3,(H,17,19). The van der Waals surface area contributed by atoms with Crippen LogP contribution in [0.15, 0.2) is 36.4 Å². The largest absolute Gasteiger partial charge is 0.508 e. The predicted octanol–water partition coefficient (Wildman–Crippen LogP) is 3.91. The number of phenols is 1. The molecule has 0 bridgehead atoms. The maximum Gasteiger partial charge on any atom is 0.255 e. The van der Waals surface area contributed by atoms with Crippen LogP contribution in [0.25, 0.3) is 0 Å². The van der Waals surface area contributed by atoms with Crippen molar-refractivity contribution in [3.63, 3.8) is 0 Å². The molecule has 2 aromatic rings. The molecule has 0 aliphatic carbocycles. The molecular formula is C15H14ClNO2. The molecular weight excluding hydrogens is 262 g/mol. The van der Waals surface area contributed by atoms with Crippen molar-refractivity contribution in [3.8, 4) is 5.75 Å². The fraction of sp³-hybridized carbons (Fsp3) is 0.133. The van der Waals surface area contributed by atoms with Gasteiger partial charge in [-0.05, 0) is 49.2 Å². The molecule has 0 unspecified atom stereocenters. The van der Waals surface area contributed by atoms with Gasteiger partial charge in [-0.1, -0.05) is 17.7 Å². The smallest absolute Gasteiger partial charge is 0.255 e. The van der Waals surface area contributed by atoms with Crippen LogP contribution in [0.5, 0.6) is 5.75 Å². The number of rotatable bonds is 2. The van der Waals surface area contributed by atoms with E-state index in [1.54, 1.807) is 12.1 Å². The van der Waals surface area contributed by atoms with E-state index in [4.69, 9.17) is 11.6 Å². The number of halogens is 1. The molecule has 2 N–H and O–H groups in total. The molecule has 0 radical (unpaired) electrons. The fourth-order valence-electron chi connectivity index (χ4n) is 1.68. The Morgan fingerprint density at radius 2 is 1.84 bits per heavy atom. The fourth-order valence-corrected chi connectivity index (χ4v) is 1.90. The summed E-state index contributed by atoms with van der Waals surface area (Å²) in [6.07, 6.45) is 0. The molecule has 1 amide bonds. The summed E-state index contributed by atoms with van der Waals surface area (Å²) in [5, 5.41) is 12.3. The molecule has 0 heterocycles. The van der Waals surface area contributed by atoms with Gasteiger partial charge in [0.15, 0.2) is 0 Å². The minimum absolute atomic E-state index is 0.0641. The molecule has 4 heteroatoms. The van der Waals surface area contributed by atoms with E-state index in [0.29, 0.717) is 16.3 Å². The number of anilines is 1. The molecule has 0 aliphatic rings. The van der Waals surface area contributed by atoms with E-state index in [-0.39, 0.29) is 11.7 Å². The lowest BCUT2D eigenvalue weighted by molar-refractivity contribution is 0.102. The first-order valence-electron chi connectivity index (χ1n) is 5.84. The highest BCUT2D eigenvalue weighted by Gasteiger charge is 2.09. The lowest BCUT2D eigenvalue weighted by atomic mass is 10.1. The van der Waals surface area contributed by atoms with Gasteiger partial charge in [-0.25, -0.2) is 0 Å². The van der Waals surface area contributed by atoms with Gasteiger partial charge in [0.2, 0.25) is 0 Å². The van der Waals surface area contributed by atoms with Crippen molar-refractivity contribution in [2.75, 3.05) is 5.32 Å². The van der Waals surface area contributed by atoms with Crippen LogP contribution < -0.4 is 5.32 Å². The van der Waals surface area contributed by atoms with E-state index in [1.165, 1.54) is 12.1 Å². The summed E-state index contributed by atoms with van der Waals surface area (Å²) in [5.74, 6) is -0.162. The van der Waals surface area contributed by atoms with E-state index in [9.17, 15) is 9.90 Å². The molecule has 0 saturated heterocycles. The van der Waals surface area contributed by atoms with Crippen molar-refractivity contribution in [1.82, 2.24) is 0 Å². The molecule has 19 heavy (non-hydrogen) atoms. The van der Waals surface area contributed by atoms with Gasteiger partial charge in [0, 0.05) is 11.6 Å². The predicted molar refractivity (Wildman–Crippen MR) is 77.0 cm³/mol. The number of nitrogens with one attached hydrogen (secondary N) is 1. The Morgan fingerprint density at radius 3 is 2.47 bits per heavy atom. The summed E-state index contributed by atoms with van der Waals surface area (Å²) in [7, 11) is 0. The summed E-state index contributed by atoms with van der Waals surface area (Å²) >= 11 is 5.94. The van der Waals surface area contributed by atoms with Crippen molar-refractivity contribution in [3.05, 3.63) is 58.1 Å². The molecule has 2 rings (SSSR count). The van der Waals surface area contributed by atoms with Crippen molar-refractivity contribution >= 4 is 23.2 Å². The van der Waals surface area contributed by atoms with Crippen LogP contribution in [0.4, 0.5) is 5.69 Å². The quantitative estimate of drug-likeness (QED) is 0.816. The SMILES string of the molecule is Cc1ccc(C(=O)Nc2ccc(O)cc2Cl)cc1C. The summed E-state index contributed by atoms with van der Waals surface area (Å²) < 4.78 is 0. The second-order valence-corrected chi connectivity index (χ2v) is 4.82. The minimum atomic E-state index is -0.226. The zero-order chi connectivity index (χ0) is 14.0. The Kier molecular flexibility index (Phi) is 3.76. The van der Waals surface area contributed by atoms with Crippen molar-refractivity contribution < 1.29 is 9.90 Å². The second kappa shape index (κ2) is 5.33. The highest BCUT2D eigenvalue weighted by Crippen LogP contribution is 2.26. The Hall–Kier alpha value is -2.00. The monoisotopic (exact) mass is 275 g/mol. The zero-order valence-electron chi connectivity index (χ0n) is 10.7. The highest BCUT2D eigenvalue weighted by atomic mass is 35.5. The number of carbonyl (C=O) groups is 1. The van der Waals surface area contributed by atoms with E-state index < -0.39 is 0 Å². The molecule has 0 spiro atoms. The van der Waals surface area contributed by atoms with Crippen LogP contribution in [0.3, 0.4) is 0 Å². The number of amides is 1. The molecule has 0 saturated carbocycles. The average molecular weight is 276 g/mol. The first-order chi connectivity index (χ1) is 8.97. The summed E-state index contributed by atoms with van der Waals surface area (Å²) in [4.78, 5) is 12.1. The van der Waals surface area contributed by atoms with Crippen LogP contribution >= 0.6 is 11.6 Å². The molecule has 0 aromatic heterocycles. The maximum atomic E-state index is 12.1. The van der Waals surface area contributed by atoms with Gasteiger partial charge in [-0.2, -0.15) is 0 Å². The third-order valence-electron chi connectivity index (χ3n) is 2.97. The van der Waals surface area contributed by atoms with Crippen molar-refractivity contribution in [2.24, 2.45) is 0 Å². The first kappa shape index (κ1) is 13.4. The lowest BCUT2D eigenvalue weighted by Crippen LogP contribution is -2.12. The van der Waals surface area contributed by atoms with Gasteiger partial charge in [0.05, 0.1) is 10.7 Å². The second-order valence-electron chi connectivity index (χ2n) is 4.42. The Morgan fingerprint density at radius 1 is 1.11 bits per heavy atom. The Labute approximate surface area is 116 Å². The number of aromatic hydroxyl groups is 1. The van der Waals surface area contributed by atoms with Crippen LogP contribution in [0, 0.1) is 13.8 Å². The zero-order valence-corrected chi connectivity index (χ0v) is 11.5. The third kappa shape index (κ3) is 3.06. The van der Waals surface area contributed by atoms with Crippen LogP contribution in [-0.4, -0.2) is 11.0 Å². The molecule has 0 atom stereocenters. The van der Waals surface area contributed by atoms with Gasteiger partial charge < -0.3 is 10.4 Å². The van der Waals surface area contributed by atoms with Crippen molar-refractivity contribution in [1.29, 1.82) is 0 Å². The Bertz CT molecular complexity index is 638. The summed E-state index contributed by atoms with van der Waals surface area (Å²) in [5.41, 5.74) is 3.25. The molecule has 0 fully saturated rings. The maximum absolute atomic E-state index is 12.1. The number of aryl methyl sites for hydroxylation is 2. The number of carbonyl (C=O) groups excluding carboxylic acids is 1. The normalized spacial score (nSPS) is 10.3. The number of hydrogen-bond acceptors (Lipinski definition) is 2. The summed E-state index contributed by atoms with van der Waals surface area (Å²) in [6.45, 7) is 3.95. The van der Waals surface area contributed by atoms with Gasteiger partial charge >= 0.3 is 0 Å². The first-order valence-corrected chi connectivity index (χ1v) is 6.22. The third-order valence-corrected chi connectivity index (χ3v) is 3.28. The Balaban J connectivity index is 2.23. The van der Waals surface area contributed by atoms with Crippen LogP contribution in [0.1, 0.15) is 21.5 Å². The molecule has 0 aliphatic heterocycles. The van der Waals surface area contributed by atoms with E-state index in [2.05, 4.69) is 5.32 Å². The summed E-state index contributed by atoms with van der Waals surface area (Å²) in [6, 6.07) is 9.93. The number of benzene rings is 2. The topological polar surface area (TPSA) is 49.3 Å². The molecule has 2 aromatic carbocycles. The number of phenolic OH excluding ortho intramolecular Hbond substituents is 1. The lowest BCUT2D eigenvalue weighted by Gasteiger charge is -2.09. The average Bonchev–Trinajstić information content (AvgIpc) is 2.36. The molecule has 98 valence electrons. The van der Waals surface area contributed by atoms with E-state index in [1.807, 2.05) is 26.0 Å².